The summed E-state index contributed by atoms with van der Waals surface area (Å²) in [6.45, 7) is 12.7. The van der Waals surface area contributed by atoms with Crippen molar-refractivity contribution in [2.75, 3.05) is 5.73 Å². The molecule has 124 valence electrons. The molecular weight excluding hydrogens is 301 g/mol. The van der Waals surface area contributed by atoms with Gasteiger partial charge in [0.15, 0.2) is 0 Å². The van der Waals surface area contributed by atoms with Crippen molar-refractivity contribution in [1.29, 1.82) is 0 Å². The molecule has 0 spiro atoms. The zero-order valence-corrected chi connectivity index (χ0v) is 16.1. The first-order chi connectivity index (χ1) is 9.92. The molecule has 0 saturated carbocycles. The molecule has 3 heteroatoms. The van der Waals surface area contributed by atoms with E-state index in [0.29, 0.717) is 15.7 Å². The van der Waals surface area contributed by atoms with Crippen LogP contribution in [-0.2, 0) is 0 Å². The van der Waals surface area contributed by atoms with Gasteiger partial charge in [0.25, 0.3) is 0 Å². The maximum Gasteiger partial charge on any atom is 0.0470 e. The summed E-state index contributed by atoms with van der Waals surface area (Å²) >= 11 is 11.5. The number of nitrogen functional groups attached to an aromatic ring is 1. The molecule has 0 aliphatic rings. The third-order valence-electron chi connectivity index (χ3n) is 3.14. The summed E-state index contributed by atoms with van der Waals surface area (Å²) in [7, 11) is 0. The normalized spacial score (nSPS) is 10.9. The van der Waals surface area contributed by atoms with Crippen LogP contribution in [-0.4, -0.2) is 0 Å². The number of hydrogen-bond donors (Lipinski definition) is 1. The van der Waals surface area contributed by atoms with Crippen LogP contribution in [0.1, 0.15) is 72.3 Å². The van der Waals surface area contributed by atoms with Crippen molar-refractivity contribution in [3.05, 3.63) is 27.7 Å². The zero-order valence-electron chi connectivity index (χ0n) is 14.6. The maximum absolute atomic E-state index is 5.75. The summed E-state index contributed by atoms with van der Waals surface area (Å²) < 4.78 is 0. The lowest BCUT2D eigenvalue weighted by atomic mass is 10.00. The highest BCUT2D eigenvalue weighted by Gasteiger charge is 2.00. The van der Waals surface area contributed by atoms with Crippen LogP contribution < -0.4 is 5.73 Å². The van der Waals surface area contributed by atoms with Crippen LogP contribution >= 0.6 is 23.2 Å². The Morgan fingerprint density at radius 1 is 1.00 bits per heavy atom. The first kappa shape index (κ1) is 22.9. The average molecular weight is 334 g/mol. The van der Waals surface area contributed by atoms with Gasteiger partial charge in [0, 0.05) is 15.7 Å². The van der Waals surface area contributed by atoms with Crippen molar-refractivity contribution in [2.45, 2.75) is 73.6 Å². The summed E-state index contributed by atoms with van der Waals surface area (Å²) in [6, 6.07) is 3.37. The number of benzene rings is 1. The van der Waals surface area contributed by atoms with E-state index in [1.54, 1.807) is 12.1 Å². The Bertz CT molecular complexity index is 341. The van der Waals surface area contributed by atoms with Gasteiger partial charge in [-0.1, -0.05) is 89.9 Å². The van der Waals surface area contributed by atoms with Gasteiger partial charge in [-0.3, -0.25) is 0 Å². The van der Waals surface area contributed by atoms with Crippen molar-refractivity contribution < 1.29 is 0 Å². The molecule has 0 aromatic heterocycles. The Kier molecular flexibility index (Phi) is 15.8. The number of hydrogen-bond acceptors (Lipinski definition) is 1. The van der Waals surface area contributed by atoms with Gasteiger partial charge in [0.2, 0.25) is 0 Å². The van der Waals surface area contributed by atoms with E-state index in [0.717, 1.165) is 11.5 Å². The van der Waals surface area contributed by atoms with E-state index >= 15 is 0 Å². The van der Waals surface area contributed by atoms with Crippen LogP contribution in [0.5, 0.6) is 0 Å². The second-order valence-corrected chi connectivity index (χ2v) is 5.96. The van der Waals surface area contributed by atoms with Gasteiger partial charge in [0.05, 0.1) is 0 Å². The molecule has 1 aromatic carbocycles. The van der Waals surface area contributed by atoms with E-state index in [2.05, 4.69) is 20.8 Å². The van der Waals surface area contributed by atoms with Crippen molar-refractivity contribution in [3.63, 3.8) is 0 Å². The molecule has 0 aliphatic heterocycles. The van der Waals surface area contributed by atoms with Gasteiger partial charge < -0.3 is 5.73 Å². The molecule has 1 rings (SSSR count). The summed E-state index contributed by atoms with van der Waals surface area (Å²) in [6.07, 6.45) is 6.98. The molecule has 0 amide bonds. The van der Waals surface area contributed by atoms with Crippen LogP contribution in [0, 0.1) is 12.8 Å². The summed E-state index contributed by atoms with van der Waals surface area (Å²) in [5.74, 6) is 0.968. The Morgan fingerprint density at radius 3 is 1.86 bits per heavy atom. The fourth-order valence-electron chi connectivity index (χ4n) is 1.85. The molecule has 1 unspecified atom stereocenters. The fourth-order valence-corrected chi connectivity index (χ4v) is 2.36. The van der Waals surface area contributed by atoms with E-state index in [-0.39, 0.29) is 0 Å². The second kappa shape index (κ2) is 14.5. The first-order valence-corrected chi connectivity index (χ1v) is 8.89. The SMILES string of the molecule is CC.CCCCC(C)CCC.Cc1c(Cl)cc(N)cc1Cl. The third kappa shape index (κ3) is 11.9. The summed E-state index contributed by atoms with van der Waals surface area (Å²) in [5, 5.41) is 1.23. The molecule has 1 aromatic rings. The zero-order chi connectivity index (χ0) is 16.8. The van der Waals surface area contributed by atoms with Crippen LogP contribution in [0.3, 0.4) is 0 Å². The highest BCUT2D eigenvalue weighted by molar-refractivity contribution is 6.36. The lowest BCUT2D eigenvalue weighted by Gasteiger charge is -2.07. The minimum absolute atomic E-state index is 0.598. The molecule has 21 heavy (non-hydrogen) atoms. The predicted molar refractivity (Wildman–Crippen MR) is 101 cm³/mol. The van der Waals surface area contributed by atoms with Crippen molar-refractivity contribution >= 4 is 28.9 Å². The van der Waals surface area contributed by atoms with Gasteiger partial charge in [-0.25, -0.2) is 0 Å². The highest BCUT2D eigenvalue weighted by atomic mass is 35.5. The molecule has 0 fully saturated rings. The van der Waals surface area contributed by atoms with E-state index in [1.807, 2.05) is 20.8 Å². The van der Waals surface area contributed by atoms with E-state index in [1.165, 1.54) is 32.1 Å². The largest absolute Gasteiger partial charge is 0.399 e. The Morgan fingerprint density at radius 2 is 1.48 bits per heavy atom. The van der Waals surface area contributed by atoms with E-state index < -0.39 is 0 Å². The minimum Gasteiger partial charge on any atom is -0.399 e. The summed E-state index contributed by atoms with van der Waals surface area (Å²) in [4.78, 5) is 0. The number of halogens is 2. The number of nitrogens with two attached hydrogens (primary N) is 1. The number of unbranched alkanes of at least 4 members (excludes halogenated alkanes) is 1. The Hall–Kier alpha value is -0.400. The molecule has 2 N–H and O–H groups in total. The van der Waals surface area contributed by atoms with Gasteiger partial charge in [-0.15, -0.1) is 0 Å². The van der Waals surface area contributed by atoms with Crippen LogP contribution in [0.25, 0.3) is 0 Å². The summed E-state index contributed by atoms with van der Waals surface area (Å²) in [5.41, 5.74) is 6.93. The van der Waals surface area contributed by atoms with Gasteiger partial charge in [-0.2, -0.15) is 0 Å². The molecule has 1 atom stereocenters. The molecule has 0 aliphatic carbocycles. The van der Waals surface area contributed by atoms with Gasteiger partial charge in [-0.05, 0) is 30.5 Å². The Balaban J connectivity index is 0. The smallest absolute Gasteiger partial charge is 0.0470 e. The molecule has 0 bridgehead atoms. The average Bonchev–Trinajstić information content (AvgIpc) is 2.45. The fraction of sp³-hybridized carbons (Fsp3) is 0.667. The quantitative estimate of drug-likeness (QED) is 0.553. The predicted octanol–water partition coefficient (Wildman–Crippen LogP) is 7.52. The molecular formula is C18H33Cl2N. The van der Waals surface area contributed by atoms with Crippen LogP contribution in [0.4, 0.5) is 5.69 Å². The number of anilines is 1. The van der Waals surface area contributed by atoms with Gasteiger partial charge >= 0.3 is 0 Å². The van der Waals surface area contributed by atoms with Crippen molar-refractivity contribution in [2.24, 2.45) is 5.92 Å². The lowest BCUT2D eigenvalue weighted by molar-refractivity contribution is 0.466. The molecule has 0 heterocycles. The van der Waals surface area contributed by atoms with E-state index in [9.17, 15) is 0 Å². The molecule has 1 nitrogen and oxygen atoms in total. The molecule has 0 radical (unpaired) electrons. The van der Waals surface area contributed by atoms with Crippen LogP contribution in [0.15, 0.2) is 12.1 Å². The number of rotatable bonds is 5. The van der Waals surface area contributed by atoms with Crippen molar-refractivity contribution in [3.8, 4) is 0 Å². The topological polar surface area (TPSA) is 26.0 Å². The highest BCUT2D eigenvalue weighted by Crippen LogP contribution is 2.26. The standard InChI is InChI=1S/C9H20.C7H7Cl2N.C2H6/c1-4-6-8-9(3)7-5-2;1-4-6(8)2-5(10)3-7(4)9;1-2/h9H,4-8H2,1-3H3;2-3H,10H2,1H3;1-2H3. The van der Waals surface area contributed by atoms with E-state index in [4.69, 9.17) is 28.9 Å². The minimum atomic E-state index is 0.598. The first-order valence-electron chi connectivity index (χ1n) is 8.13. The van der Waals surface area contributed by atoms with Gasteiger partial charge in [0.1, 0.15) is 0 Å². The lowest BCUT2D eigenvalue weighted by Crippen LogP contribution is -1.92. The maximum atomic E-state index is 5.75. The third-order valence-corrected chi connectivity index (χ3v) is 3.92. The molecule has 0 saturated heterocycles. The second-order valence-electron chi connectivity index (χ2n) is 5.15. The van der Waals surface area contributed by atoms with Crippen molar-refractivity contribution in [1.82, 2.24) is 0 Å². The van der Waals surface area contributed by atoms with Crippen LogP contribution in [0.2, 0.25) is 10.0 Å². The Labute approximate surface area is 142 Å². The monoisotopic (exact) mass is 333 g/mol.